The van der Waals surface area contributed by atoms with Crippen LogP contribution in [-0.4, -0.2) is 49.4 Å². The summed E-state index contributed by atoms with van der Waals surface area (Å²) in [5.41, 5.74) is 0.168. The number of rotatable bonds is 8. The number of carboxylic acids is 1. The maximum absolute atomic E-state index is 12.7. The van der Waals surface area contributed by atoms with Crippen molar-refractivity contribution in [1.82, 2.24) is 9.62 Å². The Morgan fingerprint density at radius 2 is 1.92 bits per heavy atom. The summed E-state index contributed by atoms with van der Waals surface area (Å²) in [7, 11) is -3.71. The molecule has 0 saturated heterocycles. The van der Waals surface area contributed by atoms with Crippen molar-refractivity contribution in [3.8, 4) is 0 Å². The van der Waals surface area contributed by atoms with Crippen molar-refractivity contribution in [2.75, 3.05) is 13.1 Å². The number of hydrogen-bond acceptors (Lipinski definition) is 4. The van der Waals surface area contributed by atoms with Gasteiger partial charge in [-0.3, -0.25) is 9.59 Å². The maximum atomic E-state index is 12.7. The van der Waals surface area contributed by atoms with Crippen molar-refractivity contribution in [3.63, 3.8) is 0 Å². The molecule has 0 aromatic heterocycles. The summed E-state index contributed by atoms with van der Waals surface area (Å²) in [5.74, 6) is -1.50. The van der Waals surface area contributed by atoms with E-state index in [1.54, 1.807) is 0 Å². The van der Waals surface area contributed by atoms with E-state index in [9.17, 15) is 18.0 Å². The second-order valence-corrected chi connectivity index (χ2v) is 8.82. The fourth-order valence-corrected chi connectivity index (χ4v) is 4.48. The number of carbonyl (C=O) groups is 2. The molecule has 1 amide bonds. The fourth-order valence-electron chi connectivity index (χ4n) is 3.13. The highest BCUT2D eigenvalue weighted by atomic mass is 32.2. The molecule has 1 aromatic rings. The number of carboxylic acid groups (broad SMARTS) is 1. The average Bonchev–Trinajstić information content (AvgIpc) is 3.05. The van der Waals surface area contributed by atoms with Gasteiger partial charge in [0.15, 0.2) is 0 Å². The van der Waals surface area contributed by atoms with Gasteiger partial charge in [-0.2, -0.15) is 0 Å². The third-order valence-electron chi connectivity index (χ3n) is 4.27. The van der Waals surface area contributed by atoms with E-state index in [1.165, 1.54) is 29.2 Å². The summed E-state index contributed by atoms with van der Waals surface area (Å²) in [6.45, 7) is 3.62. The van der Waals surface area contributed by atoms with E-state index in [0.717, 1.165) is 25.7 Å². The normalized spacial score (nSPS) is 15.3. The first-order valence-electron chi connectivity index (χ1n) is 8.82. The summed E-state index contributed by atoms with van der Waals surface area (Å²) in [4.78, 5) is 25.0. The topological polar surface area (TPSA) is 104 Å². The van der Waals surface area contributed by atoms with Crippen molar-refractivity contribution >= 4 is 21.9 Å². The summed E-state index contributed by atoms with van der Waals surface area (Å²) in [5, 5.41) is 9.04. The molecule has 1 aromatic carbocycles. The molecule has 7 nitrogen and oxygen atoms in total. The average molecular weight is 382 g/mol. The quantitative estimate of drug-likeness (QED) is 0.716. The summed E-state index contributed by atoms with van der Waals surface area (Å²) >= 11 is 0. The van der Waals surface area contributed by atoms with Crippen molar-refractivity contribution in [2.45, 2.75) is 50.5 Å². The SMILES string of the molecule is CC(C)CN(CC(=O)O)C(=O)c1cccc(S(=O)(=O)NC2CCCC2)c1. The molecular formula is C18H26N2O5S. The number of hydrogen-bond donors (Lipinski definition) is 2. The van der Waals surface area contributed by atoms with E-state index in [-0.39, 0.29) is 29.0 Å². The Morgan fingerprint density at radius 1 is 1.27 bits per heavy atom. The number of nitrogens with zero attached hydrogens (tertiary/aromatic N) is 1. The first-order chi connectivity index (χ1) is 12.2. The minimum Gasteiger partial charge on any atom is -0.480 e. The summed E-state index contributed by atoms with van der Waals surface area (Å²) in [6, 6.07) is 5.70. The van der Waals surface area contributed by atoms with Gasteiger partial charge in [0.25, 0.3) is 5.91 Å². The van der Waals surface area contributed by atoms with Gasteiger partial charge in [0.05, 0.1) is 4.90 Å². The Kier molecular flexibility index (Phi) is 6.77. The van der Waals surface area contributed by atoms with Gasteiger partial charge >= 0.3 is 5.97 Å². The standard InChI is InChI=1S/C18H26N2O5S/c1-13(2)11-20(12-17(21)22)18(23)14-6-5-9-16(10-14)26(24,25)19-15-7-3-4-8-15/h5-6,9-10,13,15,19H,3-4,7-8,11-12H2,1-2H3,(H,21,22). The van der Waals surface area contributed by atoms with Crippen LogP contribution in [0.5, 0.6) is 0 Å². The van der Waals surface area contributed by atoms with Crippen molar-refractivity contribution in [1.29, 1.82) is 0 Å². The first kappa shape index (κ1) is 20.4. The van der Waals surface area contributed by atoms with Crippen LogP contribution >= 0.6 is 0 Å². The first-order valence-corrected chi connectivity index (χ1v) is 10.3. The van der Waals surface area contributed by atoms with Gasteiger partial charge in [-0.25, -0.2) is 13.1 Å². The Bertz CT molecular complexity index is 755. The zero-order valence-electron chi connectivity index (χ0n) is 15.1. The molecule has 0 aliphatic heterocycles. The van der Waals surface area contributed by atoms with E-state index >= 15 is 0 Å². The molecular weight excluding hydrogens is 356 g/mol. The van der Waals surface area contributed by atoms with Crippen LogP contribution in [0, 0.1) is 5.92 Å². The van der Waals surface area contributed by atoms with E-state index in [1.807, 2.05) is 13.8 Å². The predicted octanol–water partition coefficient (Wildman–Crippen LogP) is 2.09. The Morgan fingerprint density at radius 3 is 2.50 bits per heavy atom. The highest BCUT2D eigenvalue weighted by Crippen LogP contribution is 2.21. The number of carbonyl (C=O) groups excluding carboxylic acids is 1. The van der Waals surface area contributed by atoms with E-state index in [0.29, 0.717) is 0 Å². The molecule has 1 aliphatic rings. The van der Waals surface area contributed by atoms with Gasteiger partial charge in [0.2, 0.25) is 10.0 Å². The second-order valence-electron chi connectivity index (χ2n) is 7.10. The van der Waals surface area contributed by atoms with E-state index in [2.05, 4.69) is 4.72 Å². The summed E-state index contributed by atoms with van der Waals surface area (Å²) < 4.78 is 27.8. The molecule has 2 rings (SSSR count). The molecule has 0 atom stereocenters. The highest BCUT2D eigenvalue weighted by molar-refractivity contribution is 7.89. The lowest BCUT2D eigenvalue weighted by atomic mass is 10.1. The molecule has 0 unspecified atom stereocenters. The smallest absolute Gasteiger partial charge is 0.323 e. The number of sulfonamides is 1. The lowest BCUT2D eigenvalue weighted by molar-refractivity contribution is -0.137. The van der Waals surface area contributed by atoms with Crippen LogP contribution in [0.3, 0.4) is 0 Å². The maximum Gasteiger partial charge on any atom is 0.323 e. The van der Waals surface area contributed by atoms with Gasteiger partial charge in [0, 0.05) is 18.2 Å². The monoisotopic (exact) mass is 382 g/mol. The van der Waals surface area contributed by atoms with Crippen molar-refractivity contribution < 1.29 is 23.1 Å². The molecule has 8 heteroatoms. The molecule has 1 aliphatic carbocycles. The highest BCUT2D eigenvalue weighted by Gasteiger charge is 2.25. The van der Waals surface area contributed by atoms with Crippen LogP contribution in [0.25, 0.3) is 0 Å². The van der Waals surface area contributed by atoms with Crippen LogP contribution in [0.1, 0.15) is 49.9 Å². The number of amides is 1. The summed E-state index contributed by atoms with van der Waals surface area (Å²) in [6.07, 6.45) is 3.65. The third kappa shape index (κ3) is 5.54. The van der Waals surface area contributed by atoms with Crippen molar-refractivity contribution in [3.05, 3.63) is 29.8 Å². The predicted molar refractivity (Wildman–Crippen MR) is 97.4 cm³/mol. The molecule has 144 valence electrons. The fraction of sp³-hybridized carbons (Fsp3) is 0.556. The number of benzene rings is 1. The van der Waals surface area contributed by atoms with Gasteiger partial charge in [-0.15, -0.1) is 0 Å². The van der Waals surface area contributed by atoms with Crippen LogP contribution in [0.2, 0.25) is 0 Å². The largest absolute Gasteiger partial charge is 0.480 e. The number of nitrogens with one attached hydrogen (secondary N) is 1. The minimum atomic E-state index is -3.71. The second kappa shape index (κ2) is 8.64. The minimum absolute atomic E-state index is 0.0232. The Balaban J connectivity index is 2.22. The molecule has 1 fully saturated rings. The van der Waals surface area contributed by atoms with Gasteiger partial charge in [-0.1, -0.05) is 32.8 Å². The lowest BCUT2D eigenvalue weighted by Gasteiger charge is -2.23. The molecule has 0 heterocycles. The van der Waals surface area contributed by atoms with E-state index in [4.69, 9.17) is 5.11 Å². The molecule has 0 radical (unpaired) electrons. The Labute approximate surface area is 154 Å². The van der Waals surface area contributed by atoms with E-state index < -0.39 is 28.4 Å². The molecule has 26 heavy (non-hydrogen) atoms. The number of aliphatic carboxylic acids is 1. The van der Waals surface area contributed by atoms with Crippen LogP contribution < -0.4 is 4.72 Å². The van der Waals surface area contributed by atoms with Gasteiger partial charge in [-0.05, 0) is 37.0 Å². The van der Waals surface area contributed by atoms with Crippen LogP contribution in [0.4, 0.5) is 0 Å². The zero-order valence-corrected chi connectivity index (χ0v) is 16.0. The van der Waals surface area contributed by atoms with Gasteiger partial charge < -0.3 is 10.0 Å². The molecule has 0 bridgehead atoms. The Hall–Kier alpha value is -1.93. The van der Waals surface area contributed by atoms with Crippen LogP contribution in [0.15, 0.2) is 29.2 Å². The zero-order chi connectivity index (χ0) is 19.3. The lowest BCUT2D eigenvalue weighted by Crippen LogP contribution is -2.38. The molecule has 2 N–H and O–H groups in total. The van der Waals surface area contributed by atoms with Crippen LogP contribution in [-0.2, 0) is 14.8 Å². The molecule has 0 spiro atoms. The van der Waals surface area contributed by atoms with Crippen molar-refractivity contribution in [2.24, 2.45) is 5.92 Å². The molecule has 1 saturated carbocycles. The third-order valence-corrected chi connectivity index (χ3v) is 5.79. The van der Waals surface area contributed by atoms with Gasteiger partial charge in [0.1, 0.15) is 6.54 Å².